The molecule has 0 heterocycles. The van der Waals surface area contributed by atoms with E-state index in [0.29, 0.717) is 5.92 Å². The highest BCUT2D eigenvalue weighted by Gasteiger charge is 2.16. The van der Waals surface area contributed by atoms with Crippen molar-refractivity contribution in [3.05, 3.63) is 48.6 Å². The predicted octanol–water partition coefficient (Wildman–Crippen LogP) is 2.66. The molecule has 14 heavy (non-hydrogen) atoms. The van der Waals surface area contributed by atoms with Gasteiger partial charge in [0.25, 0.3) is 0 Å². The lowest BCUT2D eigenvalue weighted by molar-refractivity contribution is -0.871. The maximum Gasteiger partial charge on any atom is 0.0885 e. The average Bonchev–Trinajstić information content (AvgIpc) is 2.14. The molecule has 0 aromatic heterocycles. The van der Waals surface area contributed by atoms with E-state index in [1.54, 1.807) is 0 Å². The Balaban J connectivity index is 2.78. The summed E-state index contributed by atoms with van der Waals surface area (Å²) in [4.78, 5) is 0. The molecular formula is C13H20N+. The number of nitrogens with zero attached hydrogens (tertiary/aromatic N) is 1. The van der Waals surface area contributed by atoms with Gasteiger partial charge in [-0.1, -0.05) is 36.4 Å². The van der Waals surface area contributed by atoms with Gasteiger partial charge >= 0.3 is 0 Å². The van der Waals surface area contributed by atoms with Crippen LogP contribution in [0.3, 0.4) is 0 Å². The van der Waals surface area contributed by atoms with Crippen LogP contribution in [0.2, 0.25) is 0 Å². The van der Waals surface area contributed by atoms with Gasteiger partial charge in [-0.15, -0.1) is 6.58 Å². The van der Waals surface area contributed by atoms with Gasteiger partial charge < -0.3 is 4.48 Å². The van der Waals surface area contributed by atoms with E-state index < -0.39 is 0 Å². The summed E-state index contributed by atoms with van der Waals surface area (Å²) in [7, 11) is 6.62. The molecule has 1 unspecified atom stereocenters. The van der Waals surface area contributed by atoms with Crippen molar-refractivity contribution in [3.63, 3.8) is 0 Å². The van der Waals surface area contributed by atoms with Crippen molar-refractivity contribution in [1.82, 2.24) is 0 Å². The standard InChI is InChI=1S/C13H20N/c1-5-12(11-14(2,3)4)13-9-7-6-8-10-13/h5-10,12H,1,11H2,2-4H3/q+1. The first-order chi connectivity index (χ1) is 6.53. The summed E-state index contributed by atoms with van der Waals surface area (Å²) in [6, 6.07) is 10.6. The van der Waals surface area contributed by atoms with Crippen LogP contribution in [0.15, 0.2) is 43.0 Å². The Morgan fingerprint density at radius 2 is 1.79 bits per heavy atom. The fourth-order valence-corrected chi connectivity index (χ4v) is 1.61. The lowest BCUT2D eigenvalue weighted by Gasteiger charge is -2.28. The zero-order valence-corrected chi connectivity index (χ0v) is 9.40. The summed E-state index contributed by atoms with van der Waals surface area (Å²) in [5, 5.41) is 0. The highest BCUT2D eigenvalue weighted by Crippen LogP contribution is 2.18. The Morgan fingerprint density at radius 1 is 1.21 bits per heavy atom. The van der Waals surface area contributed by atoms with Crippen molar-refractivity contribution < 1.29 is 4.48 Å². The van der Waals surface area contributed by atoms with Crippen LogP contribution in [-0.2, 0) is 0 Å². The van der Waals surface area contributed by atoms with Crippen LogP contribution in [0.1, 0.15) is 11.5 Å². The van der Waals surface area contributed by atoms with E-state index >= 15 is 0 Å². The minimum Gasteiger partial charge on any atom is -0.330 e. The molecular weight excluding hydrogens is 170 g/mol. The van der Waals surface area contributed by atoms with Crippen LogP contribution in [0.4, 0.5) is 0 Å². The molecule has 1 aromatic rings. The van der Waals surface area contributed by atoms with Gasteiger partial charge in [-0.3, -0.25) is 0 Å². The molecule has 1 aromatic carbocycles. The summed E-state index contributed by atoms with van der Waals surface area (Å²) in [6.45, 7) is 5.00. The minimum atomic E-state index is 0.455. The van der Waals surface area contributed by atoms with Crippen LogP contribution in [0.5, 0.6) is 0 Å². The number of rotatable bonds is 4. The zero-order chi connectivity index (χ0) is 10.6. The van der Waals surface area contributed by atoms with Gasteiger partial charge in [0.15, 0.2) is 0 Å². The van der Waals surface area contributed by atoms with E-state index in [2.05, 4.69) is 58.1 Å². The first kappa shape index (κ1) is 11.0. The van der Waals surface area contributed by atoms with Crippen molar-refractivity contribution in [1.29, 1.82) is 0 Å². The Bertz CT molecular complexity index is 282. The molecule has 0 saturated heterocycles. The molecule has 0 bridgehead atoms. The van der Waals surface area contributed by atoms with Crippen LogP contribution in [0, 0.1) is 0 Å². The Hall–Kier alpha value is -1.08. The van der Waals surface area contributed by atoms with Gasteiger partial charge in [-0.2, -0.15) is 0 Å². The summed E-state index contributed by atoms with van der Waals surface area (Å²) >= 11 is 0. The van der Waals surface area contributed by atoms with Gasteiger partial charge in [0.1, 0.15) is 0 Å². The maximum atomic E-state index is 3.91. The lowest BCUT2D eigenvalue weighted by Crippen LogP contribution is -2.37. The SMILES string of the molecule is C=CC(C[N+](C)(C)C)c1ccccc1. The molecule has 0 spiro atoms. The van der Waals surface area contributed by atoms with Gasteiger partial charge in [0, 0.05) is 0 Å². The van der Waals surface area contributed by atoms with Gasteiger partial charge in [-0.25, -0.2) is 0 Å². The smallest absolute Gasteiger partial charge is 0.0885 e. The topological polar surface area (TPSA) is 0 Å². The fourth-order valence-electron chi connectivity index (χ4n) is 1.61. The van der Waals surface area contributed by atoms with Gasteiger partial charge in [0.2, 0.25) is 0 Å². The van der Waals surface area contributed by atoms with Crippen LogP contribution in [-0.4, -0.2) is 32.2 Å². The van der Waals surface area contributed by atoms with Crippen molar-refractivity contribution in [3.8, 4) is 0 Å². The predicted molar refractivity (Wildman–Crippen MR) is 62.3 cm³/mol. The minimum absolute atomic E-state index is 0.455. The first-order valence-electron chi connectivity index (χ1n) is 5.01. The second-order valence-electron chi connectivity index (χ2n) is 4.73. The molecule has 1 atom stereocenters. The molecule has 0 aliphatic carbocycles. The van der Waals surface area contributed by atoms with Crippen LogP contribution in [0.25, 0.3) is 0 Å². The van der Waals surface area contributed by atoms with E-state index in [9.17, 15) is 0 Å². The molecule has 1 heteroatoms. The second kappa shape index (κ2) is 4.43. The largest absolute Gasteiger partial charge is 0.330 e. The molecule has 0 aliphatic heterocycles. The molecule has 0 amide bonds. The van der Waals surface area contributed by atoms with E-state index in [1.807, 2.05) is 6.08 Å². The van der Waals surface area contributed by atoms with E-state index in [-0.39, 0.29) is 0 Å². The highest BCUT2D eigenvalue weighted by molar-refractivity contribution is 5.23. The molecule has 0 radical (unpaired) electrons. The lowest BCUT2D eigenvalue weighted by atomic mass is 9.98. The van der Waals surface area contributed by atoms with Crippen molar-refractivity contribution in [2.24, 2.45) is 0 Å². The molecule has 0 aliphatic rings. The van der Waals surface area contributed by atoms with Crippen LogP contribution >= 0.6 is 0 Å². The first-order valence-corrected chi connectivity index (χ1v) is 5.01. The van der Waals surface area contributed by atoms with Gasteiger partial charge in [0.05, 0.1) is 33.6 Å². The monoisotopic (exact) mass is 190 g/mol. The number of hydrogen-bond donors (Lipinski definition) is 0. The zero-order valence-electron chi connectivity index (χ0n) is 9.40. The summed E-state index contributed by atoms with van der Waals surface area (Å²) in [5.41, 5.74) is 1.36. The van der Waals surface area contributed by atoms with E-state index in [0.717, 1.165) is 11.0 Å². The van der Waals surface area contributed by atoms with Crippen LogP contribution < -0.4 is 0 Å². The second-order valence-corrected chi connectivity index (χ2v) is 4.73. The number of quaternary nitrogens is 1. The van der Waals surface area contributed by atoms with E-state index in [4.69, 9.17) is 0 Å². The molecule has 76 valence electrons. The molecule has 0 fully saturated rings. The molecule has 1 rings (SSSR count). The fraction of sp³-hybridized carbons (Fsp3) is 0.385. The van der Waals surface area contributed by atoms with Gasteiger partial charge in [-0.05, 0) is 5.56 Å². The molecule has 0 saturated carbocycles. The Morgan fingerprint density at radius 3 is 2.21 bits per heavy atom. The van der Waals surface area contributed by atoms with Crippen molar-refractivity contribution in [2.75, 3.05) is 27.7 Å². The molecule has 0 N–H and O–H groups in total. The summed E-state index contributed by atoms with van der Waals surface area (Å²) in [5.74, 6) is 0.455. The van der Waals surface area contributed by atoms with Crippen molar-refractivity contribution in [2.45, 2.75) is 5.92 Å². The number of likely N-dealkylation sites (N-methyl/N-ethyl adjacent to an activating group) is 1. The molecule has 1 nitrogen and oxygen atoms in total. The summed E-state index contributed by atoms with van der Waals surface area (Å²) in [6.07, 6.45) is 2.04. The number of benzene rings is 1. The van der Waals surface area contributed by atoms with Crippen molar-refractivity contribution >= 4 is 0 Å². The Kier molecular flexibility index (Phi) is 3.48. The number of hydrogen-bond acceptors (Lipinski definition) is 0. The normalized spacial score (nSPS) is 13.6. The average molecular weight is 190 g/mol. The van der Waals surface area contributed by atoms with E-state index in [1.165, 1.54) is 5.56 Å². The third kappa shape index (κ3) is 3.35. The third-order valence-corrected chi connectivity index (χ3v) is 2.26. The third-order valence-electron chi connectivity index (χ3n) is 2.26. The maximum absolute atomic E-state index is 3.91. The Labute approximate surface area is 87.3 Å². The highest BCUT2D eigenvalue weighted by atomic mass is 15.3. The quantitative estimate of drug-likeness (QED) is 0.506. The summed E-state index contributed by atoms with van der Waals surface area (Å²) < 4.78 is 0.964.